The molecule has 37 heavy (non-hydrogen) atoms. The Hall–Kier alpha value is -3.56. The molecule has 0 bridgehead atoms. The van der Waals surface area contributed by atoms with Crippen molar-refractivity contribution >= 4 is 23.3 Å². The normalized spacial score (nSPS) is 18.8. The van der Waals surface area contributed by atoms with Crippen LogP contribution in [0.4, 0.5) is 30.7 Å². The third kappa shape index (κ3) is 5.73. The SMILES string of the molecule is CC1CCCN(c2nc(C(F)(F)F)c(C(=O)Cc3ccc(N4CCN(c5ccccc5)CC4)nc3)o2)C1. The van der Waals surface area contributed by atoms with Crippen LogP contribution in [0.5, 0.6) is 0 Å². The predicted octanol–water partition coefficient (Wildman–Crippen LogP) is 5.08. The van der Waals surface area contributed by atoms with Crippen LogP contribution in [-0.4, -0.2) is 55.0 Å². The number of carbonyl (C=O) groups excluding carboxylic acids is 1. The zero-order chi connectivity index (χ0) is 26.0. The van der Waals surface area contributed by atoms with Crippen LogP contribution >= 0.6 is 0 Å². The molecule has 196 valence electrons. The topological polar surface area (TPSA) is 65.7 Å². The van der Waals surface area contributed by atoms with E-state index in [0.717, 1.165) is 44.8 Å². The summed E-state index contributed by atoms with van der Waals surface area (Å²) in [6.07, 6.45) is -1.64. The quantitative estimate of drug-likeness (QED) is 0.426. The smallest absolute Gasteiger partial charge is 0.420 e. The molecular formula is C27H30F3N5O2. The number of hydrogen-bond donors (Lipinski definition) is 0. The molecule has 4 heterocycles. The van der Waals surface area contributed by atoms with Gasteiger partial charge in [-0.05, 0) is 42.5 Å². The van der Waals surface area contributed by atoms with E-state index in [1.165, 1.54) is 5.69 Å². The van der Waals surface area contributed by atoms with Gasteiger partial charge >= 0.3 is 6.18 Å². The highest BCUT2D eigenvalue weighted by Gasteiger charge is 2.42. The lowest BCUT2D eigenvalue weighted by atomic mass is 10.0. The molecular weight excluding hydrogens is 483 g/mol. The number of piperidine rings is 1. The number of para-hydroxylation sites is 1. The molecule has 2 fully saturated rings. The minimum Gasteiger partial charge on any atom is -0.420 e. The molecule has 2 aliphatic heterocycles. The standard InChI is InChI=1S/C27H30F3N5O2/c1-19-6-5-11-35(18-19)26-32-25(27(28,29)30)24(37-26)22(36)16-20-9-10-23(31-17-20)34-14-12-33(13-15-34)21-7-3-2-4-8-21/h2-4,7-10,17,19H,5-6,11-16,18H2,1H3. The zero-order valence-corrected chi connectivity index (χ0v) is 20.7. The lowest BCUT2D eigenvalue weighted by Gasteiger charge is -2.36. The van der Waals surface area contributed by atoms with Gasteiger partial charge in [0, 0.05) is 57.6 Å². The maximum absolute atomic E-state index is 13.7. The molecule has 10 heteroatoms. The van der Waals surface area contributed by atoms with Gasteiger partial charge in [0.05, 0.1) is 0 Å². The van der Waals surface area contributed by atoms with Crippen molar-refractivity contribution in [1.29, 1.82) is 0 Å². The summed E-state index contributed by atoms with van der Waals surface area (Å²) in [5.74, 6) is -0.398. The number of nitrogens with zero attached hydrogens (tertiary/aromatic N) is 5. The van der Waals surface area contributed by atoms with Crippen molar-refractivity contribution < 1.29 is 22.4 Å². The number of hydrogen-bond acceptors (Lipinski definition) is 7. The first-order chi connectivity index (χ1) is 17.8. The Morgan fingerprint density at radius 1 is 1.00 bits per heavy atom. The number of aromatic nitrogens is 2. The molecule has 2 saturated heterocycles. The number of benzene rings is 1. The summed E-state index contributed by atoms with van der Waals surface area (Å²) < 4.78 is 46.5. The molecule has 3 aromatic rings. The Morgan fingerprint density at radius 3 is 2.38 bits per heavy atom. The zero-order valence-electron chi connectivity index (χ0n) is 20.7. The third-order valence-corrected chi connectivity index (χ3v) is 6.96. The van der Waals surface area contributed by atoms with E-state index in [4.69, 9.17) is 4.42 Å². The van der Waals surface area contributed by atoms with Gasteiger partial charge in [0.15, 0.2) is 5.69 Å². The molecule has 0 radical (unpaired) electrons. The molecule has 5 rings (SSSR count). The van der Waals surface area contributed by atoms with Crippen LogP contribution in [0.3, 0.4) is 0 Å². The first kappa shape index (κ1) is 25.1. The lowest BCUT2D eigenvalue weighted by Crippen LogP contribution is -2.46. The summed E-state index contributed by atoms with van der Waals surface area (Å²) in [7, 11) is 0. The van der Waals surface area contributed by atoms with Gasteiger partial charge in [-0.2, -0.15) is 18.2 Å². The summed E-state index contributed by atoms with van der Waals surface area (Å²) in [5.41, 5.74) is 0.452. The highest BCUT2D eigenvalue weighted by molar-refractivity contribution is 5.96. The van der Waals surface area contributed by atoms with E-state index in [1.807, 2.05) is 31.2 Å². The molecule has 0 saturated carbocycles. The maximum atomic E-state index is 13.7. The molecule has 1 atom stereocenters. The van der Waals surface area contributed by atoms with E-state index in [1.54, 1.807) is 17.2 Å². The number of ketones is 1. The van der Waals surface area contributed by atoms with E-state index in [2.05, 4.69) is 31.9 Å². The number of piperazine rings is 1. The van der Waals surface area contributed by atoms with Gasteiger partial charge in [0.2, 0.25) is 11.5 Å². The second kappa shape index (κ2) is 10.4. The lowest BCUT2D eigenvalue weighted by molar-refractivity contribution is -0.141. The minimum absolute atomic E-state index is 0.134. The Balaban J connectivity index is 1.25. The van der Waals surface area contributed by atoms with E-state index >= 15 is 0 Å². The van der Waals surface area contributed by atoms with Crippen molar-refractivity contribution in [3.63, 3.8) is 0 Å². The van der Waals surface area contributed by atoms with Gasteiger partial charge in [0.1, 0.15) is 5.82 Å². The van der Waals surface area contributed by atoms with Crippen LogP contribution < -0.4 is 14.7 Å². The van der Waals surface area contributed by atoms with Gasteiger partial charge in [0.25, 0.3) is 6.01 Å². The summed E-state index contributed by atoms with van der Waals surface area (Å²) in [6.45, 7) is 6.45. The van der Waals surface area contributed by atoms with E-state index in [0.29, 0.717) is 24.6 Å². The second-order valence-electron chi connectivity index (χ2n) is 9.80. The Kier molecular flexibility index (Phi) is 7.08. The molecule has 2 aromatic heterocycles. The molecule has 0 spiro atoms. The fraction of sp³-hybridized carbons (Fsp3) is 0.444. The van der Waals surface area contributed by atoms with E-state index < -0.39 is 23.4 Å². The number of Topliss-reactive ketones (excluding diaryl/α,β-unsaturated/α-hetero) is 1. The van der Waals surface area contributed by atoms with Crippen molar-refractivity contribution in [3.05, 3.63) is 65.7 Å². The fourth-order valence-electron chi connectivity index (χ4n) is 4.99. The van der Waals surface area contributed by atoms with Gasteiger partial charge in [-0.15, -0.1) is 0 Å². The largest absolute Gasteiger partial charge is 0.437 e. The predicted molar refractivity (Wildman–Crippen MR) is 135 cm³/mol. The van der Waals surface area contributed by atoms with Gasteiger partial charge in [-0.1, -0.05) is 31.2 Å². The minimum atomic E-state index is -4.78. The molecule has 0 N–H and O–H groups in total. The Labute approximate surface area is 213 Å². The van der Waals surface area contributed by atoms with Crippen molar-refractivity contribution in [3.8, 4) is 0 Å². The summed E-state index contributed by atoms with van der Waals surface area (Å²) in [5, 5.41) is 0. The first-order valence-electron chi connectivity index (χ1n) is 12.6. The summed E-state index contributed by atoms with van der Waals surface area (Å²) >= 11 is 0. The van der Waals surface area contributed by atoms with Crippen molar-refractivity contribution in [1.82, 2.24) is 9.97 Å². The monoisotopic (exact) mass is 513 g/mol. The molecule has 1 unspecified atom stereocenters. The van der Waals surface area contributed by atoms with Crippen LogP contribution in [0.1, 0.15) is 41.6 Å². The fourth-order valence-corrected chi connectivity index (χ4v) is 4.99. The van der Waals surface area contributed by atoms with Crippen LogP contribution in [0.2, 0.25) is 0 Å². The van der Waals surface area contributed by atoms with Crippen LogP contribution in [0, 0.1) is 5.92 Å². The average molecular weight is 514 g/mol. The van der Waals surface area contributed by atoms with Crippen molar-refractivity contribution in [2.45, 2.75) is 32.4 Å². The number of carbonyl (C=O) groups is 1. The van der Waals surface area contributed by atoms with Gasteiger partial charge in [-0.25, -0.2) is 4.98 Å². The van der Waals surface area contributed by atoms with Crippen molar-refractivity contribution in [2.24, 2.45) is 5.92 Å². The Morgan fingerprint density at radius 2 is 1.73 bits per heavy atom. The molecule has 1 aromatic carbocycles. The summed E-state index contributed by atoms with van der Waals surface area (Å²) in [4.78, 5) is 27.2. The van der Waals surface area contributed by atoms with E-state index in [-0.39, 0.29) is 12.4 Å². The molecule has 0 aliphatic carbocycles. The number of anilines is 3. The van der Waals surface area contributed by atoms with Gasteiger partial charge in [-0.3, -0.25) is 4.79 Å². The van der Waals surface area contributed by atoms with Crippen LogP contribution in [-0.2, 0) is 12.6 Å². The third-order valence-electron chi connectivity index (χ3n) is 6.96. The summed E-state index contributed by atoms with van der Waals surface area (Å²) in [6, 6.07) is 13.6. The number of alkyl halides is 3. The van der Waals surface area contributed by atoms with Crippen LogP contribution in [0.25, 0.3) is 0 Å². The number of pyridine rings is 1. The Bertz CT molecular complexity index is 1210. The highest BCUT2D eigenvalue weighted by Crippen LogP contribution is 2.35. The van der Waals surface area contributed by atoms with E-state index in [9.17, 15) is 18.0 Å². The molecule has 0 amide bonds. The first-order valence-corrected chi connectivity index (χ1v) is 12.6. The maximum Gasteiger partial charge on any atom is 0.437 e. The van der Waals surface area contributed by atoms with Crippen molar-refractivity contribution in [2.75, 3.05) is 54.0 Å². The number of oxazole rings is 1. The average Bonchev–Trinajstić information content (AvgIpc) is 3.37. The second-order valence-corrected chi connectivity index (χ2v) is 9.80. The number of halogens is 3. The highest BCUT2D eigenvalue weighted by atomic mass is 19.4. The molecule has 2 aliphatic rings. The van der Waals surface area contributed by atoms with Crippen LogP contribution in [0.15, 0.2) is 53.1 Å². The number of rotatable bonds is 6. The van der Waals surface area contributed by atoms with Gasteiger partial charge < -0.3 is 19.1 Å². The molecule has 7 nitrogen and oxygen atoms in total.